The van der Waals surface area contributed by atoms with Crippen molar-refractivity contribution in [2.24, 2.45) is 5.73 Å². The Balaban J connectivity index is 3.07. The van der Waals surface area contributed by atoms with Crippen LogP contribution in [0.25, 0.3) is 0 Å². The van der Waals surface area contributed by atoms with Gasteiger partial charge in [0.25, 0.3) is 0 Å². The summed E-state index contributed by atoms with van der Waals surface area (Å²) in [5.74, 6) is 0. The Morgan fingerprint density at radius 1 is 1.61 bits per heavy atom. The lowest BCUT2D eigenvalue weighted by Crippen LogP contribution is -2.37. The van der Waals surface area contributed by atoms with Gasteiger partial charge < -0.3 is 15.4 Å². The number of methoxy groups -OCH3 is 1. The number of thiocarbonyl (C=S) groups is 1. The topological polar surface area (TPSA) is 51.4 Å². The zero-order valence-electron chi connectivity index (χ0n) is 11.2. The Hall–Kier alpha value is -1.20. The van der Waals surface area contributed by atoms with Crippen LogP contribution < -0.4 is 10.6 Å². The van der Waals surface area contributed by atoms with Crippen molar-refractivity contribution in [3.63, 3.8) is 0 Å². The van der Waals surface area contributed by atoms with Gasteiger partial charge in [0.2, 0.25) is 0 Å². The van der Waals surface area contributed by atoms with E-state index in [4.69, 9.17) is 22.7 Å². The van der Waals surface area contributed by atoms with Gasteiger partial charge in [-0.1, -0.05) is 19.1 Å². The Labute approximate surface area is 114 Å². The normalized spacial score (nSPS) is 12.2. The first-order valence-electron chi connectivity index (χ1n) is 6.12. The summed E-state index contributed by atoms with van der Waals surface area (Å²) in [4.78, 5) is 6.85. The SMILES string of the molecule is CCC(C)N(CCOC)c1cccnc1C(N)=S. The van der Waals surface area contributed by atoms with Gasteiger partial charge in [0, 0.05) is 25.9 Å². The largest absolute Gasteiger partial charge is 0.388 e. The molecule has 0 aliphatic heterocycles. The molecule has 0 aliphatic rings. The molecule has 0 aromatic carbocycles. The van der Waals surface area contributed by atoms with Crippen LogP contribution in [0.15, 0.2) is 18.3 Å². The van der Waals surface area contributed by atoms with Crippen LogP contribution in [-0.4, -0.2) is 36.3 Å². The maximum Gasteiger partial charge on any atom is 0.124 e. The van der Waals surface area contributed by atoms with Gasteiger partial charge in [0.15, 0.2) is 0 Å². The second-order valence-corrected chi connectivity index (χ2v) is 4.62. The zero-order chi connectivity index (χ0) is 13.5. The number of anilines is 1. The maximum absolute atomic E-state index is 5.73. The highest BCUT2D eigenvalue weighted by Gasteiger charge is 2.17. The van der Waals surface area contributed by atoms with Crippen molar-refractivity contribution in [1.29, 1.82) is 0 Å². The second-order valence-electron chi connectivity index (χ2n) is 4.18. The van der Waals surface area contributed by atoms with E-state index in [9.17, 15) is 0 Å². The average molecular weight is 267 g/mol. The molecule has 0 saturated carbocycles. The van der Waals surface area contributed by atoms with E-state index in [2.05, 4.69) is 23.7 Å². The minimum absolute atomic E-state index is 0.330. The van der Waals surface area contributed by atoms with Crippen molar-refractivity contribution >= 4 is 22.9 Å². The number of hydrogen-bond acceptors (Lipinski definition) is 4. The van der Waals surface area contributed by atoms with E-state index in [-0.39, 0.29) is 0 Å². The van der Waals surface area contributed by atoms with Gasteiger partial charge in [0.05, 0.1) is 12.3 Å². The standard InChI is InChI=1S/C13H21N3OS/c1-4-10(2)16(8-9-17-3)11-6-5-7-15-12(11)13(14)18/h5-7,10H,4,8-9H2,1-3H3,(H2,14,18). The second kappa shape index (κ2) is 7.28. The van der Waals surface area contributed by atoms with Crippen LogP contribution in [0.3, 0.4) is 0 Å². The van der Waals surface area contributed by atoms with Crippen molar-refractivity contribution in [2.75, 3.05) is 25.2 Å². The lowest BCUT2D eigenvalue weighted by Gasteiger charge is -2.31. The highest BCUT2D eigenvalue weighted by Crippen LogP contribution is 2.21. The molecule has 1 unspecified atom stereocenters. The number of ether oxygens (including phenoxy) is 1. The van der Waals surface area contributed by atoms with Crippen LogP contribution in [-0.2, 0) is 4.74 Å². The van der Waals surface area contributed by atoms with Gasteiger partial charge in [0.1, 0.15) is 10.7 Å². The summed E-state index contributed by atoms with van der Waals surface area (Å²) in [6, 6.07) is 4.29. The van der Waals surface area contributed by atoms with Crippen LogP contribution in [0.2, 0.25) is 0 Å². The fourth-order valence-corrected chi connectivity index (χ4v) is 1.96. The highest BCUT2D eigenvalue weighted by molar-refractivity contribution is 7.80. The third-order valence-corrected chi connectivity index (χ3v) is 3.18. The number of rotatable bonds is 7. The van der Waals surface area contributed by atoms with Crippen LogP contribution in [0.5, 0.6) is 0 Å². The zero-order valence-corrected chi connectivity index (χ0v) is 12.0. The number of pyridine rings is 1. The molecule has 18 heavy (non-hydrogen) atoms. The Morgan fingerprint density at radius 2 is 2.33 bits per heavy atom. The number of aromatic nitrogens is 1. The van der Waals surface area contributed by atoms with Crippen molar-refractivity contribution in [1.82, 2.24) is 4.98 Å². The van der Waals surface area contributed by atoms with E-state index in [0.29, 0.717) is 23.3 Å². The monoisotopic (exact) mass is 267 g/mol. The minimum Gasteiger partial charge on any atom is -0.388 e. The molecule has 0 spiro atoms. The minimum atomic E-state index is 0.330. The van der Waals surface area contributed by atoms with Gasteiger partial charge in [-0.2, -0.15) is 0 Å². The third kappa shape index (κ3) is 3.65. The summed E-state index contributed by atoms with van der Waals surface area (Å²) in [5.41, 5.74) is 7.40. The van der Waals surface area contributed by atoms with Gasteiger partial charge in [-0.05, 0) is 25.5 Å². The Kier molecular flexibility index (Phi) is 6.01. The van der Waals surface area contributed by atoms with E-state index in [1.54, 1.807) is 13.3 Å². The van der Waals surface area contributed by atoms with E-state index < -0.39 is 0 Å². The van der Waals surface area contributed by atoms with Crippen molar-refractivity contribution in [3.8, 4) is 0 Å². The third-order valence-electron chi connectivity index (χ3n) is 2.99. The number of nitrogens with two attached hydrogens (primary N) is 1. The van der Waals surface area contributed by atoms with Crippen molar-refractivity contribution < 1.29 is 4.74 Å². The summed E-state index contributed by atoms with van der Waals surface area (Å²) < 4.78 is 5.16. The van der Waals surface area contributed by atoms with Gasteiger partial charge >= 0.3 is 0 Å². The summed E-state index contributed by atoms with van der Waals surface area (Å²) in [7, 11) is 1.70. The van der Waals surface area contributed by atoms with Crippen molar-refractivity contribution in [2.45, 2.75) is 26.3 Å². The lowest BCUT2D eigenvalue weighted by atomic mass is 10.1. The molecule has 1 aromatic rings. The average Bonchev–Trinajstić information content (AvgIpc) is 2.39. The predicted molar refractivity (Wildman–Crippen MR) is 79.1 cm³/mol. The molecule has 1 heterocycles. The molecule has 0 radical (unpaired) electrons. The maximum atomic E-state index is 5.73. The first-order chi connectivity index (χ1) is 8.61. The van der Waals surface area contributed by atoms with E-state index >= 15 is 0 Å². The number of hydrogen-bond donors (Lipinski definition) is 1. The van der Waals surface area contributed by atoms with Crippen LogP contribution in [0, 0.1) is 0 Å². The first-order valence-corrected chi connectivity index (χ1v) is 6.53. The predicted octanol–water partition coefficient (Wildman–Crippen LogP) is 1.97. The fraction of sp³-hybridized carbons (Fsp3) is 0.538. The molecule has 0 amide bonds. The summed E-state index contributed by atoms with van der Waals surface area (Å²) in [5, 5.41) is 0. The molecule has 1 aromatic heterocycles. The fourth-order valence-electron chi connectivity index (χ4n) is 1.81. The Bertz CT molecular complexity index is 398. The molecular weight excluding hydrogens is 246 g/mol. The Morgan fingerprint density at radius 3 is 2.89 bits per heavy atom. The molecule has 0 bridgehead atoms. The van der Waals surface area contributed by atoms with Crippen LogP contribution >= 0.6 is 12.2 Å². The molecule has 1 rings (SSSR count). The van der Waals surface area contributed by atoms with E-state index in [1.165, 1.54) is 0 Å². The highest BCUT2D eigenvalue weighted by atomic mass is 32.1. The van der Waals surface area contributed by atoms with E-state index in [0.717, 1.165) is 18.7 Å². The smallest absolute Gasteiger partial charge is 0.124 e. The molecule has 100 valence electrons. The molecule has 1 atom stereocenters. The van der Waals surface area contributed by atoms with Gasteiger partial charge in [-0.25, -0.2) is 0 Å². The molecule has 0 aliphatic carbocycles. The number of nitrogens with zero attached hydrogens (tertiary/aromatic N) is 2. The molecule has 2 N–H and O–H groups in total. The summed E-state index contributed by atoms with van der Waals surface area (Å²) in [6.45, 7) is 5.79. The molecule has 4 nitrogen and oxygen atoms in total. The van der Waals surface area contributed by atoms with Crippen LogP contribution in [0.1, 0.15) is 26.0 Å². The van der Waals surface area contributed by atoms with Gasteiger partial charge in [-0.15, -0.1) is 0 Å². The van der Waals surface area contributed by atoms with Gasteiger partial charge in [-0.3, -0.25) is 4.98 Å². The first kappa shape index (κ1) is 14.9. The lowest BCUT2D eigenvalue weighted by molar-refractivity contribution is 0.203. The molecular formula is C13H21N3OS. The van der Waals surface area contributed by atoms with E-state index in [1.807, 2.05) is 12.1 Å². The molecule has 5 heteroatoms. The summed E-state index contributed by atoms with van der Waals surface area (Å²) in [6.07, 6.45) is 2.75. The summed E-state index contributed by atoms with van der Waals surface area (Å²) >= 11 is 5.06. The quantitative estimate of drug-likeness (QED) is 0.765. The molecule has 0 fully saturated rings. The van der Waals surface area contributed by atoms with Crippen LogP contribution in [0.4, 0.5) is 5.69 Å². The van der Waals surface area contributed by atoms with Crippen molar-refractivity contribution in [3.05, 3.63) is 24.0 Å². The molecule has 0 saturated heterocycles.